The number of rotatable bonds is 11. The van der Waals surface area contributed by atoms with E-state index in [4.69, 9.17) is 9.47 Å². The Morgan fingerprint density at radius 1 is 1.22 bits per heavy atom. The summed E-state index contributed by atoms with van der Waals surface area (Å²) in [6.07, 6.45) is 5.25. The Kier molecular flexibility index (Phi) is 8.69. The van der Waals surface area contributed by atoms with E-state index in [-0.39, 0.29) is 37.0 Å². The first-order valence-corrected chi connectivity index (χ1v) is 15.2. The van der Waals surface area contributed by atoms with Gasteiger partial charge in [-0.15, -0.1) is 0 Å². The van der Waals surface area contributed by atoms with E-state index in [0.29, 0.717) is 53.0 Å². The topological polar surface area (TPSA) is 129 Å². The fraction of sp³-hybridized carbons (Fsp3) is 0.688. The maximum absolute atomic E-state index is 13.8. The van der Waals surface area contributed by atoms with Crippen LogP contribution in [0.25, 0.3) is 0 Å². The number of amides is 2. The van der Waals surface area contributed by atoms with Gasteiger partial charge in [0.25, 0.3) is 0 Å². The summed E-state index contributed by atoms with van der Waals surface area (Å²) in [6.45, 7) is 6.91. The summed E-state index contributed by atoms with van der Waals surface area (Å²) in [7, 11) is 1.51. The predicted molar refractivity (Wildman–Crippen MR) is 153 cm³/mol. The molecule has 0 saturated heterocycles. The van der Waals surface area contributed by atoms with Gasteiger partial charge in [-0.05, 0) is 72.6 Å². The maximum Gasteiger partial charge on any atom is 0.247 e. The molecule has 1 aromatic carbocycles. The van der Waals surface area contributed by atoms with Gasteiger partial charge >= 0.3 is 0 Å². The second kappa shape index (κ2) is 11.9. The van der Waals surface area contributed by atoms with Crippen molar-refractivity contribution in [3.63, 3.8) is 0 Å². The fourth-order valence-corrected chi connectivity index (χ4v) is 7.91. The summed E-state index contributed by atoms with van der Waals surface area (Å²) in [5, 5.41) is 33.9. The minimum atomic E-state index is -1.08. The molecule has 4 N–H and O–H groups in total. The number of nitrogens with one attached hydrogen (secondary N) is 1. The van der Waals surface area contributed by atoms with Crippen LogP contribution in [0.2, 0.25) is 0 Å². The second-order valence-electron chi connectivity index (χ2n) is 12.9. The van der Waals surface area contributed by atoms with Gasteiger partial charge in [0.1, 0.15) is 12.2 Å². The van der Waals surface area contributed by atoms with Crippen molar-refractivity contribution >= 4 is 11.8 Å². The van der Waals surface area contributed by atoms with Gasteiger partial charge in [0, 0.05) is 30.6 Å². The molecule has 9 heteroatoms. The van der Waals surface area contributed by atoms with Crippen LogP contribution >= 0.6 is 0 Å². The molecule has 4 aliphatic carbocycles. The number of methoxy groups -OCH3 is 1. The van der Waals surface area contributed by atoms with E-state index in [0.717, 1.165) is 31.6 Å². The summed E-state index contributed by atoms with van der Waals surface area (Å²) in [4.78, 5) is 29.2. The van der Waals surface area contributed by atoms with Crippen molar-refractivity contribution in [2.24, 2.45) is 23.2 Å². The third-order valence-corrected chi connectivity index (χ3v) is 10.4. The van der Waals surface area contributed by atoms with Crippen LogP contribution in [0.3, 0.4) is 0 Å². The van der Waals surface area contributed by atoms with Crippen molar-refractivity contribution in [3.8, 4) is 11.5 Å². The second-order valence-corrected chi connectivity index (χ2v) is 12.9. The van der Waals surface area contributed by atoms with Gasteiger partial charge < -0.3 is 35.0 Å². The number of carbonyl (C=O) groups excluding carboxylic acids is 2. The lowest BCUT2D eigenvalue weighted by Gasteiger charge is -2.61. The van der Waals surface area contributed by atoms with E-state index >= 15 is 0 Å². The van der Waals surface area contributed by atoms with E-state index in [2.05, 4.69) is 26.1 Å². The van der Waals surface area contributed by atoms with Crippen LogP contribution in [0.1, 0.15) is 76.3 Å². The summed E-state index contributed by atoms with van der Waals surface area (Å²) in [5.74, 6) is 1.43. The molecule has 0 spiro atoms. The number of hydrogen-bond donors (Lipinski definition) is 4. The standard InChI is InChI=1S/C32H46N2O7/c1-5-6-7-26(37)34(16-19-8-9-20-14-23(19)32(20,2)3)24-15-22(31(39)33-10-11-35)27-21-12-18(17-36)13-25(40-4)29(21)41-30(27)28(24)38/h12-13,15,19-20,23-24,27-28,30,35-36,38H,5-11,14,16-17H2,1-4H3,(H,33,39). The van der Waals surface area contributed by atoms with Gasteiger partial charge in [0.05, 0.1) is 32.3 Å². The molecule has 3 saturated carbocycles. The van der Waals surface area contributed by atoms with Gasteiger partial charge in [0.2, 0.25) is 11.8 Å². The summed E-state index contributed by atoms with van der Waals surface area (Å²) < 4.78 is 11.9. The fourth-order valence-electron chi connectivity index (χ4n) is 7.91. The van der Waals surface area contributed by atoms with E-state index in [9.17, 15) is 24.9 Å². The zero-order valence-electron chi connectivity index (χ0n) is 24.8. The Bertz CT molecular complexity index is 1180. The molecular weight excluding hydrogens is 524 g/mol. The van der Waals surface area contributed by atoms with Gasteiger partial charge in [-0.2, -0.15) is 0 Å². The summed E-state index contributed by atoms with van der Waals surface area (Å²) in [6, 6.07) is 2.73. The molecule has 2 amide bonds. The molecule has 41 heavy (non-hydrogen) atoms. The van der Waals surface area contributed by atoms with Gasteiger partial charge in [0.15, 0.2) is 11.5 Å². The Hall–Kier alpha value is -2.62. The number of fused-ring (bicyclic) bond motifs is 5. The van der Waals surface area contributed by atoms with Gasteiger partial charge in [-0.25, -0.2) is 0 Å². The molecule has 1 aliphatic heterocycles. The molecule has 1 heterocycles. The number of aliphatic hydroxyl groups excluding tert-OH is 3. The number of carbonyl (C=O) groups is 2. The van der Waals surface area contributed by atoms with Crippen molar-refractivity contribution in [2.75, 3.05) is 26.8 Å². The average Bonchev–Trinajstić information content (AvgIpc) is 3.37. The molecule has 226 valence electrons. The Morgan fingerprint density at radius 2 is 2.00 bits per heavy atom. The highest BCUT2D eigenvalue weighted by atomic mass is 16.5. The third-order valence-electron chi connectivity index (χ3n) is 10.4. The number of unbranched alkanes of at least 4 members (excludes halogenated alkanes) is 1. The largest absolute Gasteiger partial charge is 0.493 e. The summed E-state index contributed by atoms with van der Waals surface area (Å²) >= 11 is 0. The van der Waals surface area contributed by atoms with Crippen molar-refractivity contribution in [1.29, 1.82) is 0 Å². The van der Waals surface area contributed by atoms with E-state index < -0.39 is 24.2 Å². The highest BCUT2D eigenvalue weighted by molar-refractivity contribution is 5.96. The van der Waals surface area contributed by atoms with Crippen LogP contribution in [0.4, 0.5) is 0 Å². The third kappa shape index (κ3) is 5.25. The first kappa shape index (κ1) is 29.9. The minimum absolute atomic E-state index is 0.0179. The van der Waals surface area contributed by atoms with Crippen LogP contribution in [0.5, 0.6) is 11.5 Å². The van der Waals surface area contributed by atoms with Crippen LogP contribution in [-0.4, -0.2) is 77.1 Å². The highest BCUT2D eigenvalue weighted by Gasteiger charge is 2.56. The van der Waals surface area contributed by atoms with E-state index in [1.807, 2.05) is 4.90 Å². The maximum atomic E-state index is 13.8. The Balaban J connectivity index is 1.54. The van der Waals surface area contributed by atoms with Crippen molar-refractivity contribution in [2.45, 2.75) is 90.1 Å². The quantitative estimate of drug-likeness (QED) is 0.322. The van der Waals surface area contributed by atoms with E-state index in [1.54, 1.807) is 18.2 Å². The van der Waals surface area contributed by atoms with Gasteiger partial charge in [-0.1, -0.05) is 27.2 Å². The number of benzene rings is 1. The summed E-state index contributed by atoms with van der Waals surface area (Å²) in [5.41, 5.74) is 1.89. The average molecular weight is 571 g/mol. The predicted octanol–water partition coefficient (Wildman–Crippen LogP) is 2.90. The van der Waals surface area contributed by atoms with E-state index in [1.165, 1.54) is 13.5 Å². The number of aliphatic hydroxyl groups is 3. The molecule has 3 fully saturated rings. The molecule has 6 rings (SSSR count). The zero-order chi connectivity index (χ0) is 29.5. The molecule has 7 atom stereocenters. The van der Waals surface area contributed by atoms with Crippen molar-refractivity contribution in [1.82, 2.24) is 10.2 Å². The lowest BCUT2D eigenvalue weighted by molar-refractivity contribution is -0.146. The highest BCUT2D eigenvalue weighted by Crippen LogP contribution is 2.61. The Labute approximate surface area is 242 Å². The SMILES string of the molecule is CCCCC(=O)N(CC1CCC2CC1C2(C)C)C1C=C(C(=O)NCCO)C2c3cc(CO)cc(OC)c3OC2C1O. The van der Waals surface area contributed by atoms with Crippen LogP contribution in [0.15, 0.2) is 23.8 Å². The Morgan fingerprint density at radius 3 is 2.63 bits per heavy atom. The molecular formula is C32H46N2O7. The number of hydrogen-bond acceptors (Lipinski definition) is 7. The first-order valence-electron chi connectivity index (χ1n) is 15.2. The van der Waals surface area contributed by atoms with Crippen LogP contribution < -0.4 is 14.8 Å². The normalized spacial score (nSPS) is 30.7. The lowest BCUT2D eigenvalue weighted by atomic mass is 9.45. The van der Waals surface area contributed by atoms with Gasteiger partial charge in [-0.3, -0.25) is 9.59 Å². The molecule has 5 aliphatic rings. The zero-order valence-corrected chi connectivity index (χ0v) is 24.8. The molecule has 7 unspecified atom stereocenters. The molecule has 1 aromatic rings. The first-order chi connectivity index (χ1) is 19.7. The van der Waals surface area contributed by atoms with Crippen LogP contribution in [0, 0.1) is 23.2 Å². The van der Waals surface area contributed by atoms with Crippen molar-refractivity contribution in [3.05, 3.63) is 34.9 Å². The van der Waals surface area contributed by atoms with Crippen LogP contribution in [-0.2, 0) is 16.2 Å². The molecule has 0 aromatic heterocycles. The molecule has 9 nitrogen and oxygen atoms in total. The monoisotopic (exact) mass is 570 g/mol. The van der Waals surface area contributed by atoms with Crippen molar-refractivity contribution < 1.29 is 34.4 Å². The smallest absolute Gasteiger partial charge is 0.247 e. The lowest BCUT2D eigenvalue weighted by Crippen LogP contribution is -2.59. The molecule has 2 bridgehead atoms. The number of ether oxygens (including phenoxy) is 2. The number of nitrogens with zero attached hydrogens (tertiary/aromatic N) is 1. The minimum Gasteiger partial charge on any atom is -0.493 e. The molecule has 0 radical (unpaired) electrons.